The van der Waals surface area contributed by atoms with E-state index in [1.807, 2.05) is 0 Å². The van der Waals surface area contributed by atoms with Crippen LogP contribution in [0.4, 0.5) is 6.01 Å². The Bertz CT molecular complexity index is 1070. The van der Waals surface area contributed by atoms with Crippen LogP contribution in [-0.2, 0) is 20.8 Å². The molecule has 2 saturated heterocycles. The van der Waals surface area contributed by atoms with Gasteiger partial charge in [-0.05, 0) is 0 Å². The molecule has 4 heterocycles. The van der Waals surface area contributed by atoms with E-state index < -0.39 is 17.4 Å². The number of piperidine rings is 1. The first kappa shape index (κ1) is 19.6. The van der Waals surface area contributed by atoms with Crippen molar-refractivity contribution in [2.45, 2.75) is 31.6 Å². The molecule has 13 heteroatoms. The number of rotatable bonds is 4. The molecule has 0 saturated carbocycles. The van der Waals surface area contributed by atoms with E-state index in [-0.39, 0.29) is 52.7 Å². The molecule has 1 aliphatic carbocycles. The van der Waals surface area contributed by atoms with Gasteiger partial charge in [0.15, 0.2) is 17.2 Å². The number of ether oxygens (including phenoxy) is 2. The maximum atomic E-state index is 12.9. The first-order chi connectivity index (χ1) is 14.9. The predicted molar refractivity (Wildman–Crippen MR) is 99.2 cm³/mol. The number of hydrogen-bond acceptors (Lipinski definition) is 10. The molecule has 0 aromatic carbocycles. The van der Waals surface area contributed by atoms with Crippen LogP contribution >= 0.6 is 0 Å². The van der Waals surface area contributed by atoms with Gasteiger partial charge in [-0.15, -0.1) is 4.68 Å². The lowest BCUT2D eigenvalue weighted by atomic mass is 10.00. The Morgan fingerprint density at radius 1 is 1.19 bits per heavy atom. The van der Waals surface area contributed by atoms with Crippen molar-refractivity contribution in [1.82, 2.24) is 19.7 Å². The lowest BCUT2D eigenvalue weighted by Gasteiger charge is -2.37. The number of fused-ring (bicyclic) bond motifs is 2. The molecule has 0 radical (unpaired) electrons. The summed E-state index contributed by atoms with van der Waals surface area (Å²) in [6.45, 7) is 1.96. The minimum atomic E-state index is -0.703. The van der Waals surface area contributed by atoms with Crippen molar-refractivity contribution >= 4 is 23.5 Å². The number of nitrogens with one attached hydrogen (secondary N) is 1. The summed E-state index contributed by atoms with van der Waals surface area (Å²) in [5.41, 5.74) is -0.691. The van der Waals surface area contributed by atoms with E-state index in [4.69, 9.17) is 13.9 Å². The Morgan fingerprint density at radius 2 is 1.90 bits per heavy atom. The largest absolute Gasteiger partial charge is 0.571 e. The van der Waals surface area contributed by atoms with Crippen molar-refractivity contribution in [2.24, 2.45) is 0 Å². The number of likely N-dealkylation sites (tertiary alicyclic amines) is 1. The number of oxazole rings is 1. The standard InChI is InChI=1S/C18H20N6O7/c1-19-17-20-12-14(26)13-11(15(27)16(12)31-17)21-24(28)23(13)5-2-10(25)22-6-3-18(4-7-22)29-8-9-30-18/h2-9H2,1H3,(H,19,20). The van der Waals surface area contributed by atoms with Crippen molar-refractivity contribution in [1.29, 1.82) is 0 Å². The fraction of sp³-hybridized carbons (Fsp3) is 0.556. The molecule has 1 spiro atoms. The van der Waals surface area contributed by atoms with Crippen LogP contribution in [0.25, 0.3) is 0 Å². The summed E-state index contributed by atoms with van der Waals surface area (Å²) < 4.78 is 17.5. The molecule has 2 aliphatic heterocycles. The van der Waals surface area contributed by atoms with Crippen LogP contribution in [0.3, 0.4) is 0 Å². The monoisotopic (exact) mass is 432 g/mol. The second-order valence-electron chi connectivity index (χ2n) is 7.52. The lowest BCUT2D eigenvalue weighted by Crippen LogP contribution is -2.48. The van der Waals surface area contributed by atoms with E-state index in [0.29, 0.717) is 39.1 Å². The maximum absolute atomic E-state index is 12.9. The number of hydrogen-bond donors (Lipinski definition) is 1. The summed E-state index contributed by atoms with van der Waals surface area (Å²) in [6.07, 6.45) is 1.13. The molecule has 1 amide bonds. The van der Waals surface area contributed by atoms with E-state index in [9.17, 15) is 19.6 Å². The quantitative estimate of drug-likeness (QED) is 0.404. The molecule has 2 aromatic heterocycles. The average molecular weight is 432 g/mol. The Hall–Kier alpha value is -3.32. The number of carbonyl (C=O) groups is 3. The Balaban J connectivity index is 1.31. The summed E-state index contributed by atoms with van der Waals surface area (Å²) in [4.78, 5) is 43.9. The van der Waals surface area contributed by atoms with Gasteiger partial charge < -0.3 is 29.3 Å². The van der Waals surface area contributed by atoms with Crippen LogP contribution in [0.5, 0.6) is 0 Å². The molecule has 0 atom stereocenters. The van der Waals surface area contributed by atoms with Crippen molar-refractivity contribution in [3.8, 4) is 0 Å². The molecule has 2 fully saturated rings. The highest BCUT2D eigenvalue weighted by Gasteiger charge is 2.44. The van der Waals surface area contributed by atoms with Crippen molar-refractivity contribution in [3.63, 3.8) is 0 Å². The second kappa shape index (κ2) is 7.13. The number of carbonyl (C=O) groups excluding carboxylic acids is 3. The van der Waals surface area contributed by atoms with Gasteiger partial charge in [0.05, 0.1) is 26.2 Å². The highest BCUT2D eigenvalue weighted by Crippen LogP contribution is 2.31. The second-order valence-corrected chi connectivity index (χ2v) is 7.52. The van der Waals surface area contributed by atoms with E-state index in [1.165, 1.54) is 7.05 Å². The van der Waals surface area contributed by atoms with E-state index >= 15 is 0 Å². The van der Waals surface area contributed by atoms with Gasteiger partial charge in [-0.1, -0.05) is 0 Å². The molecular formula is C18H20N6O7. The van der Waals surface area contributed by atoms with Gasteiger partial charge in [0, 0.05) is 43.0 Å². The summed E-state index contributed by atoms with van der Waals surface area (Å²) >= 11 is 0. The Morgan fingerprint density at radius 3 is 2.58 bits per heavy atom. The minimum Gasteiger partial charge on any atom is -0.571 e. The Kier molecular flexibility index (Phi) is 4.51. The van der Waals surface area contributed by atoms with Gasteiger partial charge in [-0.3, -0.25) is 14.4 Å². The van der Waals surface area contributed by atoms with Crippen LogP contribution in [0.1, 0.15) is 51.7 Å². The van der Waals surface area contributed by atoms with Crippen LogP contribution in [0.2, 0.25) is 0 Å². The molecule has 164 valence electrons. The van der Waals surface area contributed by atoms with Crippen molar-refractivity contribution < 1.29 is 33.2 Å². The third kappa shape index (κ3) is 3.08. The number of amides is 1. The normalized spacial score (nSPS) is 19.6. The van der Waals surface area contributed by atoms with E-state index in [2.05, 4.69) is 15.4 Å². The summed E-state index contributed by atoms with van der Waals surface area (Å²) in [6, 6.07) is 0.00618. The fourth-order valence-electron chi connectivity index (χ4n) is 4.17. The molecule has 31 heavy (non-hydrogen) atoms. The topological polar surface area (TPSA) is 156 Å². The van der Waals surface area contributed by atoms with E-state index in [1.54, 1.807) is 4.90 Å². The molecule has 0 bridgehead atoms. The van der Waals surface area contributed by atoms with Gasteiger partial charge >= 0.3 is 0 Å². The predicted octanol–water partition coefficient (Wildman–Crippen LogP) is -0.923. The SMILES string of the molecule is CNc1nc2c(o1)C(=O)c1n[n+]([O-])n(CCC(=O)N3CCC4(CC3)OCCO4)c1C2=O. The van der Waals surface area contributed by atoms with Gasteiger partial charge in [0.2, 0.25) is 23.1 Å². The number of anilines is 1. The zero-order valence-corrected chi connectivity index (χ0v) is 16.8. The van der Waals surface area contributed by atoms with Crippen molar-refractivity contribution in [3.05, 3.63) is 28.0 Å². The van der Waals surface area contributed by atoms with Gasteiger partial charge in [-0.25, -0.2) is 0 Å². The first-order valence-electron chi connectivity index (χ1n) is 9.97. The molecular weight excluding hydrogens is 412 g/mol. The number of ketones is 2. The molecule has 1 N–H and O–H groups in total. The third-order valence-corrected chi connectivity index (χ3v) is 5.80. The summed E-state index contributed by atoms with van der Waals surface area (Å²) in [5.74, 6) is -2.38. The maximum Gasteiger partial charge on any atom is 0.295 e. The van der Waals surface area contributed by atoms with Crippen LogP contribution in [0.15, 0.2) is 4.42 Å². The van der Waals surface area contributed by atoms with Gasteiger partial charge in [0.1, 0.15) is 0 Å². The zero-order valence-electron chi connectivity index (χ0n) is 16.8. The Labute approximate surface area is 175 Å². The molecule has 2 aromatic rings. The van der Waals surface area contributed by atoms with Gasteiger partial charge in [0.25, 0.3) is 11.8 Å². The average Bonchev–Trinajstić information content (AvgIpc) is 3.48. The summed E-state index contributed by atoms with van der Waals surface area (Å²) in [7, 11) is 1.53. The van der Waals surface area contributed by atoms with Crippen LogP contribution in [-0.4, -0.2) is 76.3 Å². The fourth-order valence-corrected chi connectivity index (χ4v) is 4.17. The molecule has 13 nitrogen and oxygen atoms in total. The molecule has 0 unspecified atom stereocenters. The number of aromatic nitrogens is 4. The van der Waals surface area contributed by atoms with Crippen molar-refractivity contribution in [2.75, 3.05) is 38.7 Å². The molecule has 5 rings (SSSR count). The minimum absolute atomic E-state index is 0.00618. The van der Waals surface area contributed by atoms with Gasteiger partial charge in [-0.2, -0.15) is 4.98 Å². The smallest absolute Gasteiger partial charge is 0.295 e. The highest BCUT2D eigenvalue weighted by atomic mass is 16.7. The first-order valence-corrected chi connectivity index (χ1v) is 9.97. The highest BCUT2D eigenvalue weighted by molar-refractivity contribution is 6.25. The van der Waals surface area contributed by atoms with E-state index in [0.717, 1.165) is 4.68 Å². The number of nitrogens with zero attached hydrogens (tertiary/aromatic N) is 5. The summed E-state index contributed by atoms with van der Waals surface area (Å²) in [5, 5.41) is 18.6. The van der Waals surface area contributed by atoms with Crippen LogP contribution in [0, 0.1) is 5.21 Å². The van der Waals surface area contributed by atoms with Crippen LogP contribution < -0.4 is 10.3 Å². The third-order valence-electron chi connectivity index (χ3n) is 5.80. The lowest BCUT2D eigenvalue weighted by molar-refractivity contribution is -0.749. The molecule has 3 aliphatic rings. The zero-order chi connectivity index (χ0) is 21.8.